The van der Waals surface area contributed by atoms with Crippen LogP contribution in [0.4, 0.5) is 5.69 Å². The van der Waals surface area contributed by atoms with E-state index in [4.69, 9.17) is 0 Å². The molecule has 1 aliphatic heterocycles. The highest BCUT2D eigenvalue weighted by Gasteiger charge is 2.30. The van der Waals surface area contributed by atoms with Crippen LogP contribution in [0.2, 0.25) is 0 Å². The lowest BCUT2D eigenvalue weighted by Crippen LogP contribution is -2.29. The molecule has 5 nitrogen and oxygen atoms in total. The maximum absolute atomic E-state index is 11.4. The third-order valence-electron chi connectivity index (χ3n) is 1.99. The molecule has 0 fully saturated rings. The molecule has 0 unspecified atom stereocenters. The van der Waals surface area contributed by atoms with Gasteiger partial charge in [-0.1, -0.05) is 18.2 Å². The molecule has 0 saturated heterocycles. The Labute approximate surface area is 87.3 Å². The molecule has 0 atom stereocenters. The summed E-state index contributed by atoms with van der Waals surface area (Å²) >= 11 is 0. The summed E-state index contributed by atoms with van der Waals surface area (Å²) in [6.07, 6.45) is 1.08. The molecule has 1 amide bonds. The standard InChI is InChI=1S/C9H9NO4S/c1-15(12,13)14-10-8-5-3-2-4-7(8)6-9(10)11/h2-5H,6H2,1H3. The maximum Gasteiger partial charge on any atom is 0.285 e. The molecule has 1 aromatic carbocycles. The van der Waals surface area contributed by atoms with E-state index in [1.165, 1.54) is 0 Å². The van der Waals surface area contributed by atoms with Gasteiger partial charge in [0.15, 0.2) is 0 Å². The van der Waals surface area contributed by atoms with E-state index in [0.717, 1.165) is 16.9 Å². The Morgan fingerprint density at radius 3 is 2.67 bits per heavy atom. The van der Waals surface area contributed by atoms with Gasteiger partial charge in [0.1, 0.15) is 0 Å². The van der Waals surface area contributed by atoms with Crippen molar-refractivity contribution in [2.75, 3.05) is 11.3 Å². The first-order chi connectivity index (χ1) is 6.97. The van der Waals surface area contributed by atoms with E-state index in [1.54, 1.807) is 24.3 Å². The lowest BCUT2D eigenvalue weighted by atomic mass is 10.2. The van der Waals surface area contributed by atoms with Crippen molar-refractivity contribution < 1.29 is 17.5 Å². The third kappa shape index (κ3) is 2.00. The van der Waals surface area contributed by atoms with Crippen LogP contribution in [0.15, 0.2) is 24.3 Å². The molecule has 0 spiro atoms. The Morgan fingerprint density at radius 2 is 2.00 bits per heavy atom. The zero-order chi connectivity index (χ0) is 11.1. The van der Waals surface area contributed by atoms with Gasteiger partial charge in [0.05, 0.1) is 18.4 Å². The lowest BCUT2D eigenvalue weighted by Gasteiger charge is -2.13. The van der Waals surface area contributed by atoms with Crippen molar-refractivity contribution in [3.8, 4) is 0 Å². The lowest BCUT2D eigenvalue weighted by molar-refractivity contribution is -0.121. The van der Waals surface area contributed by atoms with Gasteiger partial charge in [0, 0.05) is 0 Å². The summed E-state index contributed by atoms with van der Waals surface area (Å²) in [6.45, 7) is 0. The molecule has 1 heterocycles. The van der Waals surface area contributed by atoms with Crippen LogP contribution in [-0.2, 0) is 25.6 Å². The molecule has 0 N–H and O–H groups in total. The van der Waals surface area contributed by atoms with E-state index in [2.05, 4.69) is 4.28 Å². The Morgan fingerprint density at radius 1 is 1.33 bits per heavy atom. The van der Waals surface area contributed by atoms with Gasteiger partial charge in [0.25, 0.3) is 16.0 Å². The summed E-state index contributed by atoms with van der Waals surface area (Å²) < 4.78 is 26.4. The van der Waals surface area contributed by atoms with Gasteiger partial charge in [-0.2, -0.15) is 13.5 Å². The van der Waals surface area contributed by atoms with Gasteiger partial charge < -0.3 is 0 Å². The predicted octanol–water partition coefficient (Wildman–Crippen LogP) is 0.467. The first-order valence-corrected chi connectivity index (χ1v) is 6.09. The molecule has 0 saturated carbocycles. The second-order valence-corrected chi connectivity index (χ2v) is 4.83. The number of hydroxylamine groups is 1. The maximum atomic E-state index is 11.4. The van der Waals surface area contributed by atoms with E-state index in [-0.39, 0.29) is 12.3 Å². The molecule has 0 aromatic heterocycles. The minimum atomic E-state index is -3.68. The summed E-state index contributed by atoms with van der Waals surface area (Å²) in [6, 6.07) is 6.91. The number of carbonyl (C=O) groups excluding carboxylic acids is 1. The number of benzene rings is 1. The number of carbonyl (C=O) groups is 1. The van der Waals surface area contributed by atoms with E-state index in [1.807, 2.05) is 0 Å². The van der Waals surface area contributed by atoms with Crippen molar-refractivity contribution in [2.24, 2.45) is 0 Å². The van der Waals surface area contributed by atoms with Crippen molar-refractivity contribution in [1.82, 2.24) is 0 Å². The number of fused-ring (bicyclic) bond motifs is 1. The zero-order valence-corrected chi connectivity index (χ0v) is 8.82. The fraction of sp³-hybridized carbons (Fsp3) is 0.222. The number of amides is 1. The summed E-state index contributed by atoms with van der Waals surface area (Å²) in [4.78, 5) is 11.4. The average Bonchev–Trinajstić information content (AvgIpc) is 2.41. The number of hydrogen-bond acceptors (Lipinski definition) is 4. The molecule has 6 heteroatoms. The smallest absolute Gasteiger partial charge is 0.272 e. The third-order valence-corrected chi connectivity index (χ3v) is 2.41. The molecule has 0 bridgehead atoms. The van der Waals surface area contributed by atoms with Gasteiger partial charge in [0.2, 0.25) is 0 Å². The second-order valence-electron chi connectivity index (χ2n) is 3.27. The molecule has 1 aromatic rings. The normalized spacial score (nSPS) is 15.5. The molecule has 80 valence electrons. The SMILES string of the molecule is CS(=O)(=O)ON1C(=O)Cc2ccccc21. The zero-order valence-electron chi connectivity index (χ0n) is 8.00. The first-order valence-electron chi connectivity index (χ1n) is 4.28. The molecular weight excluding hydrogens is 218 g/mol. The van der Waals surface area contributed by atoms with Crippen LogP contribution in [0.25, 0.3) is 0 Å². The van der Waals surface area contributed by atoms with Crippen molar-refractivity contribution in [2.45, 2.75) is 6.42 Å². The Bertz CT molecular complexity index is 509. The number of para-hydroxylation sites is 1. The van der Waals surface area contributed by atoms with Crippen LogP contribution in [0.5, 0.6) is 0 Å². The van der Waals surface area contributed by atoms with Crippen molar-refractivity contribution >= 4 is 21.7 Å². The average molecular weight is 227 g/mol. The Balaban J connectivity index is 2.38. The van der Waals surface area contributed by atoms with Gasteiger partial charge in [-0.3, -0.25) is 4.79 Å². The molecule has 0 radical (unpaired) electrons. The van der Waals surface area contributed by atoms with Crippen LogP contribution in [0, 0.1) is 0 Å². The van der Waals surface area contributed by atoms with Crippen LogP contribution in [0.3, 0.4) is 0 Å². The topological polar surface area (TPSA) is 63.7 Å². The summed E-state index contributed by atoms with van der Waals surface area (Å²) in [7, 11) is -3.68. The van der Waals surface area contributed by atoms with Crippen molar-refractivity contribution in [3.63, 3.8) is 0 Å². The molecule has 1 aliphatic rings. The fourth-order valence-electron chi connectivity index (χ4n) is 1.44. The minimum Gasteiger partial charge on any atom is -0.272 e. The van der Waals surface area contributed by atoms with E-state index >= 15 is 0 Å². The van der Waals surface area contributed by atoms with Crippen LogP contribution in [-0.4, -0.2) is 20.6 Å². The highest BCUT2D eigenvalue weighted by molar-refractivity contribution is 7.86. The summed E-state index contributed by atoms with van der Waals surface area (Å²) in [5, 5.41) is 0.824. The second kappa shape index (κ2) is 3.32. The molecular formula is C9H9NO4S. The van der Waals surface area contributed by atoms with Gasteiger partial charge in [-0.25, -0.2) is 0 Å². The van der Waals surface area contributed by atoms with E-state index < -0.39 is 10.1 Å². The summed E-state index contributed by atoms with van der Waals surface area (Å²) in [5.74, 6) is -0.373. The molecule has 15 heavy (non-hydrogen) atoms. The van der Waals surface area contributed by atoms with E-state index in [9.17, 15) is 13.2 Å². The predicted molar refractivity (Wildman–Crippen MR) is 53.6 cm³/mol. The fourth-order valence-corrected chi connectivity index (χ4v) is 1.88. The molecule has 0 aliphatic carbocycles. The van der Waals surface area contributed by atoms with Gasteiger partial charge in [-0.05, 0) is 11.6 Å². The Hall–Kier alpha value is -1.40. The summed E-state index contributed by atoms with van der Waals surface area (Å²) in [5.41, 5.74) is 1.26. The van der Waals surface area contributed by atoms with Crippen molar-refractivity contribution in [3.05, 3.63) is 29.8 Å². The van der Waals surface area contributed by atoms with Crippen molar-refractivity contribution in [1.29, 1.82) is 0 Å². The highest BCUT2D eigenvalue weighted by Crippen LogP contribution is 2.29. The van der Waals surface area contributed by atoms with E-state index in [0.29, 0.717) is 5.69 Å². The monoisotopic (exact) mass is 227 g/mol. The largest absolute Gasteiger partial charge is 0.285 e. The number of rotatable bonds is 2. The number of hydrogen-bond donors (Lipinski definition) is 0. The van der Waals surface area contributed by atoms with Crippen LogP contribution < -0.4 is 5.06 Å². The van der Waals surface area contributed by atoms with Gasteiger partial charge >= 0.3 is 0 Å². The number of nitrogens with zero attached hydrogens (tertiary/aromatic N) is 1. The highest BCUT2D eigenvalue weighted by atomic mass is 32.2. The van der Waals surface area contributed by atoms with Crippen LogP contribution in [0.1, 0.15) is 5.56 Å². The number of anilines is 1. The Kier molecular flexibility index (Phi) is 2.24. The van der Waals surface area contributed by atoms with Crippen LogP contribution >= 0.6 is 0 Å². The minimum absolute atomic E-state index is 0.172. The van der Waals surface area contributed by atoms with Gasteiger partial charge in [-0.15, -0.1) is 4.28 Å². The first kappa shape index (κ1) is 10.1. The molecule has 2 rings (SSSR count). The quantitative estimate of drug-likeness (QED) is 0.736.